The number of likely N-dealkylation sites (tertiary alicyclic amines) is 1. The lowest BCUT2D eigenvalue weighted by Gasteiger charge is -2.33. The van der Waals surface area contributed by atoms with Gasteiger partial charge in [0.05, 0.1) is 13.2 Å². The van der Waals surface area contributed by atoms with Crippen molar-refractivity contribution in [2.24, 2.45) is 5.92 Å². The molecule has 172 valence electrons. The smallest absolute Gasteiger partial charge is 0.118 e. The summed E-state index contributed by atoms with van der Waals surface area (Å²) in [6, 6.07) is 19.0. The monoisotopic (exact) mass is 433 g/mol. The van der Waals surface area contributed by atoms with Crippen LogP contribution in [0.2, 0.25) is 0 Å². The molecular formula is C29H39NO2. The number of ether oxygens (including phenoxy) is 1. The highest BCUT2D eigenvalue weighted by atomic mass is 16.5. The maximum Gasteiger partial charge on any atom is 0.118 e. The van der Waals surface area contributed by atoms with Gasteiger partial charge in [-0.1, -0.05) is 67.3 Å². The number of hydrogen-bond acceptors (Lipinski definition) is 3. The highest BCUT2D eigenvalue weighted by Crippen LogP contribution is 2.40. The number of allylic oxidation sites excluding steroid dienone is 1. The third-order valence-electron chi connectivity index (χ3n) is 7.39. The molecule has 2 aromatic rings. The third-order valence-corrected chi connectivity index (χ3v) is 7.39. The fourth-order valence-corrected chi connectivity index (χ4v) is 5.55. The van der Waals surface area contributed by atoms with Crippen molar-refractivity contribution in [3.63, 3.8) is 0 Å². The largest absolute Gasteiger partial charge is 0.497 e. The van der Waals surface area contributed by atoms with Crippen LogP contribution in [0.5, 0.6) is 5.75 Å². The highest BCUT2D eigenvalue weighted by Gasteiger charge is 2.24. The molecule has 0 spiro atoms. The van der Waals surface area contributed by atoms with Crippen LogP contribution in [-0.2, 0) is 0 Å². The van der Waals surface area contributed by atoms with E-state index in [0.717, 1.165) is 49.7 Å². The van der Waals surface area contributed by atoms with Crippen LogP contribution < -0.4 is 4.74 Å². The third kappa shape index (κ3) is 6.02. The first-order chi connectivity index (χ1) is 15.7. The van der Waals surface area contributed by atoms with Crippen LogP contribution in [0.25, 0.3) is 5.57 Å². The van der Waals surface area contributed by atoms with E-state index < -0.39 is 6.10 Å². The number of aliphatic hydroxyl groups excluding tert-OH is 1. The highest BCUT2D eigenvalue weighted by molar-refractivity contribution is 5.70. The predicted octanol–water partition coefficient (Wildman–Crippen LogP) is 6.64. The van der Waals surface area contributed by atoms with E-state index in [2.05, 4.69) is 35.2 Å². The van der Waals surface area contributed by atoms with Gasteiger partial charge in [0.1, 0.15) is 5.75 Å². The molecule has 2 aliphatic rings. The lowest BCUT2D eigenvalue weighted by Crippen LogP contribution is -2.32. The Morgan fingerprint density at radius 1 is 0.969 bits per heavy atom. The molecule has 1 aliphatic carbocycles. The SMILES string of the molecule is COc1ccc(C(O)CCCN2CCC(=C(c3ccccc3)C3CCCCC3)CC2)cc1. The summed E-state index contributed by atoms with van der Waals surface area (Å²) in [5.74, 6) is 1.59. The van der Waals surface area contributed by atoms with E-state index in [4.69, 9.17) is 4.74 Å². The molecule has 2 fully saturated rings. The second-order valence-corrected chi connectivity index (χ2v) is 9.49. The van der Waals surface area contributed by atoms with Gasteiger partial charge in [-0.05, 0) is 79.8 Å². The summed E-state index contributed by atoms with van der Waals surface area (Å²) >= 11 is 0. The van der Waals surface area contributed by atoms with Crippen molar-refractivity contribution < 1.29 is 9.84 Å². The molecule has 2 aromatic carbocycles. The van der Waals surface area contributed by atoms with Gasteiger partial charge in [0.2, 0.25) is 0 Å². The molecule has 0 aromatic heterocycles. The van der Waals surface area contributed by atoms with E-state index in [0.29, 0.717) is 0 Å². The topological polar surface area (TPSA) is 32.7 Å². The van der Waals surface area contributed by atoms with E-state index in [9.17, 15) is 5.11 Å². The van der Waals surface area contributed by atoms with Gasteiger partial charge in [0.25, 0.3) is 0 Å². The van der Waals surface area contributed by atoms with Crippen molar-refractivity contribution in [1.82, 2.24) is 4.90 Å². The van der Waals surface area contributed by atoms with Crippen LogP contribution in [0.4, 0.5) is 0 Å². The maximum absolute atomic E-state index is 10.5. The first-order valence-corrected chi connectivity index (χ1v) is 12.6. The zero-order valence-electron chi connectivity index (χ0n) is 19.6. The molecule has 1 unspecified atom stereocenters. The molecule has 3 heteroatoms. The van der Waals surface area contributed by atoms with Gasteiger partial charge >= 0.3 is 0 Å². The first kappa shape index (κ1) is 23.1. The van der Waals surface area contributed by atoms with Gasteiger partial charge in [-0.3, -0.25) is 0 Å². The van der Waals surface area contributed by atoms with Gasteiger partial charge in [0.15, 0.2) is 0 Å². The van der Waals surface area contributed by atoms with Gasteiger partial charge in [0, 0.05) is 13.1 Å². The summed E-state index contributed by atoms with van der Waals surface area (Å²) < 4.78 is 5.21. The number of methoxy groups -OCH3 is 1. The predicted molar refractivity (Wildman–Crippen MR) is 133 cm³/mol. The Balaban J connectivity index is 1.31. The molecule has 1 aliphatic heterocycles. The number of nitrogens with zero attached hydrogens (tertiary/aromatic N) is 1. The fraction of sp³-hybridized carbons (Fsp3) is 0.517. The second-order valence-electron chi connectivity index (χ2n) is 9.49. The number of benzene rings is 2. The van der Waals surface area contributed by atoms with Gasteiger partial charge < -0.3 is 14.7 Å². The van der Waals surface area contributed by atoms with Crippen molar-refractivity contribution in [2.45, 2.75) is 63.9 Å². The Kier molecular flexibility index (Phi) is 8.42. The Hall–Kier alpha value is -2.10. The van der Waals surface area contributed by atoms with E-state index in [-0.39, 0.29) is 0 Å². The van der Waals surface area contributed by atoms with Crippen LogP contribution in [0.1, 0.15) is 75.0 Å². The van der Waals surface area contributed by atoms with Gasteiger partial charge in [-0.15, -0.1) is 0 Å². The lowest BCUT2D eigenvalue weighted by atomic mass is 9.77. The molecule has 0 amide bonds. The summed E-state index contributed by atoms with van der Waals surface area (Å²) in [4.78, 5) is 2.59. The molecule has 1 saturated heterocycles. The minimum absolute atomic E-state index is 0.392. The molecular weight excluding hydrogens is 394 g/mol. The first-order valence-electron chi connectivity index (χ1n) is 12.6. The van der Waals surface area contributed by atoms with E-state index in [1.807, 2.05) is 24.3 Å². The summed E-state index contributed by atoms with van der Waals surface area (Å²) in [6.07, 6.45) is 10.7. The van der Waals surface area contributed by atoms with E-state index in [1.54, 1.807) is 18.3 Å². The fourth-order valence-electron chi connectivity index (χ4n) is 5.55. The average molecular weight is 434 g/mol. The Morgan fingerprint density at radius 2 is 1.66 bits per heavy atom. The summed E-state index contributed by atoms with van der Waals surface area (Å²) in [5.41, 5.74) is 5.83. The van der Waals surface area contributed by atoms with Crippen molar-refractivity contribution in [3.05, 3.63) is 71.3 Å². The van der Waals surface area contributed by atoms with Crippen LogP contribution in [0.3, 0.4) is 0 Å². The molecule has 1 heterocycles. The molecule has 1 saturated carbocycles. The molecule has 1 N–H and O–H groups in total. The number of hydrogen-bond donors (Lipinski definition) is 1. The van der Waals surface area contributed by atoms with Crippen molar-refractivity contribution in [1.29, 1.82) is 0 Å². The van der Waals surface area contributed by atoms with Crippen molar-refractivity contribution >= 4 is 5.57 Å². The maximum atomic E-state index is 10.5. The van der Waals surface area contributed by atoms with E-state index >= 15 is 0 Å². The minimum atomic E-state index is -0.392. The summed E-state index contributed by atoms with van der Waals surface area (Å²) in [7, 11) is 1.67. The zero-order chi connectivity index (χ0) is 22.2. The Labute approximate surface area is 194 Å². The number of aliphatic hydroxyl groups is 1. The van der Waals surface area contributed by atoms with E-state index in [1.165, 1.54) is 50.5 Å². The molecule has 4 rings (SSSR count). The molecule has 32 heavy (non-hydrogen) atoms. The van der Waals surface area contributed by atoms with Gasteiger partial charge in [-0.2, -0.15) is 0 Å². The minimum Gasteiger partial charge on any atom is -0.497 e. The van der Waals surface area contributed by atoms with Crippen LogP contribution in [0, 0.1) is 5.92 Å². The molecule has 0 bridgehead atoms. The van der Waals surface area contributed by atoms with Crippen LogP contribution >= 0.6 is 0 Å². The summed E-state index contributed by atoms with van der Waals surface area (Å²) in [6.45, 7) is 3.37. The Morgan fingerprint density at radius 3 is 2.31 bits per heavy atom. The van der Waals surface area contributed by atoms with Gasteiger partial charge in [-0.25, -0.2) is 0 Å². The van der Waals surface area contributed by atoms with Crippen LogP contribution in [0.15, 0.2) is 60.2 Å². The lowest BCUT2D eigenvalue weighted by molar-refractivity contribution is 0.153. The quantitative estimate of drug-likeness (QED) is 0.506. The summed E-state index contributed by atoms with van der Waals surface area (Å²) in [5, 5.41) is 10.5. The zero-order valence-corrected chi connectivity index (χ0v) is 19.6. The standard InChI is InChI=1S/C29H39NO2/c1-32-27-16-14-23(15-17-27)28(31)13-8-20-30-21-18-26(19-22-30)29(24-9-4-2-5-10-24)25-11-6-3-7-12-25/h2,4-5,9-10,14-17,25,28,31H,3,6-8,11-13,18-22H2,1H3. The Bertz CT molecular complexity index is 842. The molecule has 1 atom stereocenters. The average Bonchev–Trinajstić information content (AvgIpc) is 2.86. The number of rotatable bonds is 8. The molecule has 3 nitrogen and oxygen atoms in total. The number of piperidine rings is 1. The van der Waals surface area contributed by atoms with Crippen molar-refractivity contribution in [3.8, 4) is 5.75 Å². The molecule has 0 radical (unpaired) electrons. The normalized spacial score (nSPS) is 19.0. The second kappa shape index (κ2) is 11.7. The van der Waals surface area contributed by atoms with Crippen LogP contribution in [-0.4, -0.2) is 36.8 Å². The van der Waals surface area contributed by atoms with Crippen molar-refractivity contribution in [2.75, 3.05) is 26.7 Å².